The Kier molecular flexibility index (Phi) is 7.89. The van der Waals surface area contributed by atoms with Gasteiger partial charge in [0.2, 0.25) is 0 Å². The Hall–Kier alpha value is -6.46. The summed E-state index contributed by atoms with van der Waals surface area (Å²) in [5.41, 5.74) is 13.6. The second kappa shape index (κ2) is 13.0. The minimum absolute atomic E-state index is 0. The van der Waals surface area contributed by atoms with E-state index in [1.807, 2.05) is 36.7 Å². The maximum atomic E-state index is 5.40. The summed E-state index contributed by atoms with van der Waals surface area (Å²) in [6, 6.07) is 50.3. The van der Waals surface area contributed by atoms with Gasteiger partial charge in [-0.2, -0.15) is 0 Å². The minimum Gasteiger partial charge on any atom is -0.657 e. The monoisotopic (exact) mass is 714 g/mol. The van der Waals surface area contributed by atoms with Crippen LogP contribution in [0.25, 0.3) is 28.5 Å². The summed E-state index contributed by atoms with van der Waals surface area (Å²) in [5, 5.41) is 3.72. The summed E-state index contributed by atoms with van der Waals surface area (Å²) in [4.78, 5) is 24.8. The van der Waals surface area contributed by atoms with E-state index >= 15 is 0 Å². The van der Waals surface area contributed by atoms with E-state index in [2.05, 4.69) is 138 Å². The Labute approximate surface area is 310 Å². The number of nitrogens with one attached hydrogen (secondary N) is 1. The number of hydrogen-bond donors (Lipinski definition) is 1. The molecular weight excluding hydrogens is 686 g/mol. The van der Waals surface area contributed by atoms with Crippen LogP contribution in [0.3, 0.4) is 0 Å². The van der Waals surface area contributed by atoms with Crippen molar-refractivity contribution in [1.29, 1.82) is 0 Å². The standard InChI is InChI=1S/C46H29N5.Cu/c1-5-13-29(14-6-1)41-35-21-22-36(48-35)42(30-15-7-2-8-16-30)38-24-26-40(50-38)44(32-19-11-4-12-20-32)46-34-28-47-27-33(34)45(51-46)43(31-17-9-3-10-18-31)39-25-23-37(41)49-39;/h1-28,51H;/q-2;+2. The van der Waals surface area contributed by atoms with Gasteiger partial charge < -0.3 is 15.0 Å². The molecule has 6 heterocycles. The summed E-state index contributed by atoms with van der Waals surface area (Å²) in [6.07, 6.45) is 8.12. The van der Waals surface area contributed by atoms with Gasteiger partial charge in [0.05, 0.1) is 22.5 Å². The van der Waals surface area contributed by atoms with Gasteiger partial charge in [-0.3, -0.25) is 4.99 Å². The van der Waals surface area contributed by atoms with Gasteiger partial charge in [-0.25, -0.2) is 4.99 Å². The Bertz CT molecular complexity index is 2870. The minimum atomic E-state index is 0. The van der Waals surface area contributed by atoms with Crippen molar-refractivity contribution in [2.45, 2.75) is 0 Å². The molecule has 1 radical (unpaired) electrons. The molecule has 8 bridgehead atoms. The van der Waals surface area contributed by atoms with Crippen LogP contribution in [0.4, 0.5) is 0 Å². The number of nitrogens with zero attached hydrogens (tertiary/aromatic N) is 4. The first-order valence-electron chi connectivity index (χ1n) is 17.1. The third kappa shape index (κ3) is 5.25. The third-order valence-corrected chi connectivity index (χ3v) is 9.69. The van der Waals surface area contributed by atoms with Crippen LogP contribution in [0.1, 0.15) is 44.9 Å². The van der Waals surface area contributed by atoms with Crippen molar-refractivity contribution in [3.8, 4) is 0 Å². The fourth-order valence-electron chi connectivity index (χ4n) is 7.41. The first-order valence-corrected chi connectivity index (χ1v) is 17.1. The van der Waals surface area contributed by atoms with Crippen LogP contribution in [0, 0.1) is 0 Å². The summed E-state index contributed by atoms with van der Waals surface area (Å²) in [5.74, 6) is 0. The second-order valence-corrected chi connectivity index (χ2v) is 12.7. The van der Waals surface area contributed by atoms with Gasteiger partial charge in [0.15, 0.2) is 0 Å². The zero-order chi connectivity index (χ0) is 33.7. The molecule has 7 aromatic rings. The van der Waals surface area contributed by atoms with Crippen molar-refractivity contribution < 1.29 is 17.1 Å². The predicted octanol–water partition coefficient (Wildman–Crippen LogP) is 5.57. The molecule has 3 aliphatic heterocycles. The summed E-state index contributed by atoms with van der Waals surface area (Å²) in [7, 11) is 0. The number of H-pyrrole nitrogens is 1. The van der Waals surface area contributed by atoms with Crippen molar-refractivity contribution >= 4 is 40.4 Å². The number of fused-ring (bicyclic) bond motifs is 10. The molecule has 1 N–H and O–H groups in total. The molecule has 6 heteroatoms. The largest absolute Gasteiger partial charge is 2.00 e. The second-order valence-electron chi connectivity index (χ2n) is 12.7. The number of rotatable bonds is 4. The molecule has 3 aromatic heterocycles. The molecule has 0 fully saturated rings. The van der Waals surface area contributed by atoms with Crippen molar-refractivity contribution in [3.63, 3.8) is 0 Å². The fourth-order valence-corrected chi connectivity index (χ4v) is 7.41. The van der Waals surface area contributed by atoms with Gasteiger partial charge in [-0.1, -0.05) is 146 Å². The zero-order valence-electron chi connectivity index (χ0n) is 27.8. The molecular formula is C46H29CuN5. The van der Waals surface area contributed by atoms with Crippen LogP contribution >= 0.6 is 0 Å². The van der Waals surface area contributed by atoms with Crippen molar-refractivity contribution in [3.05, 3.63) is 230 Å². The average Bonchev–Trinajstić information content (AvgIpc) is 4.03. The molecule has 0 unspecified atom stereocenters. The van der Waals surface area contributed by atoms with Gasteiger partial charge in [-0.05, 0) is 56.7 Å². The van der Waals surface area contributed by atoms with Crippen molar-refractivity contribution in [2.24, 2.45) is 9.98 Å². The van der Waals surface area contributed by atoms with Crippen molar-refractivity contribution in [1.82, 2.24) is 15.0 Å². The summed E-state index contributed by atoms with van der Waals surface area (Å²) >= 11 is 0. The number of allylic oxidation sites excluding steroid dienone is 2. The Morgan fingerprint density at radius 3 is 1.62 bits per heavy atom. The Balaban J connectivity index is 0.00000360. The molecule has 249 valence electrons. The van der Waals surface area contributed by atoms with Crippen LogP contribution in [0.5, 0.6) is 0 Å². The van der Waals surface area contributed by atoms with Crippen molar-refractivity contribution in [2.75, 3.05) is 0 Å². The molecule has 0 atom stereocenters. The molecule has 0 amide bonds. The van der Waals surface area contributed by atoms with E-state index in [0.717, 1.165) is 99.9 Å². The maximum Gasteiger partial charge on any atom is 2.00 e. The molecule has 0 saturated heterocycles. The number of aromatic nitrogens is 3. The molecule has 0 saturated carbocycles. The number of aromatic amines is 1. The Morgan fingerprint density at radius 2 is 1.00 bits per heavy atom. The smallest absolute Gasteiger partial charge is 0.657 e. The van der Waals surface area contributed by atoms with Crippen LogP contribution in [0.2, 0.25) is 0 Å². The van der Waals surface area contributed by atoms with Gasteiger partial charge in [0, 0.05) is 23.2 Å². The quantitative estimate of drug-likeness (QED) is 0.242. The van der Waals surface area contributed by atoms with E-state index in [4.69, 9.17) is 20.0 Å². The van der Waals surface area contributed by atoms with E-state index in [1.54, 1.807) is 0 Å². The van der Waals surface area contributed by atoms with Crippen LogP contribution in [-0.2, 0) is 17.1 Å². The van der Waals surface area contributed by atoms with E-state index in [0.29, 0.717) is 0 Å². The number of aliphatic imine (C=N–C) groups is 2. The normalized spacial score (nSPS) is 14.3. The van der Waals surface area contributed by atoms with Gasteiger partial charge in [0.25, 0.3) is 0 Å². The Morgan fingerprint density at radius 1 is 0.481 bits per heavy atom. The molecule has 10 rings (SSSR count). The topological polar surface area (TPSA) is 68.7 Å². The maximum absolute atomic E-state index is 5.40. The zero-order valence-corrected chi connectivity index (χ0v) is 28.7. The van der Waals surface area contributed by atoms with E-state index < -0.39 is 0 Å². The summed E-state index contributed by atoms with van der Waals surface area (Å²) < 4.78 is 0. The first kappa shape index (κ1) is 31.5. The first-order chi connectivity index (χ1) is 25.3. The van der Waals surface area contributed by atoms with E-state index in [9.17, 15) is 0 Å². The third-order valence-electron chi connectivity index (χ3n) is 9.69. The van der Waals surface area contributed by atoms with E-state index in [1.165, 1.54) is 0 Å². The molecule has 52 heavy (non-hydrogen) atoms. The van der Waals surface area contributed by atoms with Gasteiger partial charge in [-0.15, -0.1) is 22.1 Å². The van der Waals surface area contributed by atoms with Gasteiger partial charge >= 0.3 is 17.1 Å². The van der Waals surface area contributed by atoms with E-state index in [-0.39, 0.29) is 17.1 Å². The molecule has 4 aromatic carbocycles. The summed E-state index contributed by atoms with van der Waals surface area (Å²) in [6.45, 7) is 0. The fraction of sp³-hybridized carbons (Fsp3) is 0. The SMILES string of the molecule is C1=CC2=C(c3ccccc3)c3ccc([n-]3)C(c3ccccc3)=c3[nH]c(c4c3=CN=C4)C(c3ccccc3)=c3ccc([n-]3)=C(c3ccccc3)C1=N2.[Cu+2]. The number of hydrogen-bond acceptors (Lipinski definition) is 2. The molecule has 3 aliphatic rings. The predicted molar refractivity (Wildman–Crippen MR) is 205 cm³/mol. The van der Waals surface area contributed by atoms with Crippen LogP contribution in [-0.4, -0.2) is 16.9 Å². The number of benzene rings is 4. The molecule has 0 aliphatic carbocycles. The van der Waals surface area contributed by atoms with Crippen LogP contribution in [0.15, 0.2) is 173 Å². The van der Waals surface area contributed by atoms with Crippen LogP contribution < -0.4 is 31.2 Å². The average molecular weight is 715 g/mol. The van der Waals surface area contributed by atoms with Gasteiger partial charge in [0.1, 0.15) is 0 Å². The molecule has 0 spiro atoms. The molecule has 5 nitrogen and oxygen atoms in total.